The van der Waals surface area contributed by atoms with Crippen LogP contribution in [0.1, 0.15) is 43.3 Å². The van der Waals surface area contributed by atoms with Gasteiger partial charge in [-0.15, -0.1) is 0 Å². The number of rotatable bonds is 7. The average molecular weight is 551 g/mol. The molecule has 2 aromatic heterocycles. The summed E-state index contributed by atoms with van der Waals surface area (Å²) < 4.78 is 13.7. The highest BCUT2D eigenvalue weighted by Crippen LogP contribution is 2.31. The van der Waals surface area contributed by atoms with E-state index in [4.69, 9.17) is 24.8 Å². The fourth-order valence-corrected chi connectivity index (χ4v) is 3.84. The molecule has 2 aromatic carbocycles. The lowest BCUT2D eigenvalue weighted by molar-refractivity contribution is -0.127. The molecule has 1 fully saturated rings. The van der Waals surface area contributed by atoms with E-state index in [2.05, 4.69) is 25.6 Å². The van der Waals surface area contributed by atoms with E-state index in [-0.39, 0.29) is 17.9 Å². The van der Waals surface area contributed by atoms with Gasteiger partial charge >= 0.3 is 12.0 Å². The predicted octanol–water partition coefficient (Wildman–Crippen LogP) is 3.63. The van der Waals surface area contributed by atoms with E-state index in [0.717, 1.165) is 12.8 Å². The summed E-state index contributed by atoms with van der Waals surface area (Å²) in [6.45, 7) is 2.93. The highest BCUT2D eigenvalue weighted by atomic mass is 16.6. The predicted molar refractivity (Wildman–Crippen MR) is 145 cm³/mol. The van der Waals surface area contributed by atoms with Gasteiger partial charge in [-0.1, -0.05) is 18.2 Å². The van der Waals surface area contributed by atoms with Gasteiger partial charge in [0, 0.05) is 5.69 Å². The van der Waals surface area contributed by atoms with E-state index in [1.165, 1.54) is 32.3 Å². The van der Waals surface area contributed by atoms with Gasteiger partial charge in [0.2, 0.25) is 0 Å². The number of aliphatic hydroxyl groups is 2. The molecule has 0 spiro atoms. The number of para-hydroxylation sites is 1. The van der Waals surface area contributed by atoms with Gasteiger partial charge in [0.15, 0.2) is 22.8 Å². The standard InChI is InChI=1S/C24H22N6O5.C3H8O2/c31-23(32)15-6-8-17(9-7-15)34-12-18-10-11-19(35-18)30-14-27-20-21(25-13-26-22(20)30)29-24(33)28-16-4-2-1-3-5-16;1-3(2,4)5/h1-9,13-14,18-19H,10-12H2,(H,31,32)(H2,25,26,28,29,33);4-5H,1-2H3. The molecule has 13 heteroatoms. The van der Waals surface area contributed by atoms with Crippen LogP contribution < -0.4 is 15.4 Å². The molecule has 2 atom stereocenters. The maximum absolute atomic E-state index is 12.4. The molecule has 0 radical (unpaired) electrons. The number of aromatic carboxylic acids is 1. The van der Waals surface area contributed by atoms with Gasteiger partial charge in [-0.05, 0) is 63.1 Å². The molecule has 3 heterocycles. The van der Waals surface area contributed by atoms with Crippen molar-refractivity contribution in [3.8, 4) is 5.75 Å². The van der Waals surface area contributed by atoms with Crippen LogP contribution in [-0.2, 0) is 4.74 Å². The number of urea groups is 1. The van der Waals surface area contributed by atoms with E-state index in [1.54, 1.807) is 30.6 Å². The highest BCUT2D eigenvalue weighted by Gasteiger charge is 2.29. The molecule has 1 aliphatic heterocycles. The summed E-state index contributed by atoms with van der Waals surface area (Å²) in [5.41, 5.74) is 1.87. The molecule has 210 valence electrons. The second kappa shape index (κ2) is 12.5. The maximum atomic E-state index is 12.4. The minimum absolute atomic E-state index is 0.146. The zero-order chi connectivity index (χ0) is 28.7. The van der Waals surface area contributed by atoms with Crippen molar-refractivity contribution in [3.05, 3.63) is 72.8 Å². The number of ether oxygens (including phenoxy) is 2. The third-order valence-corrected chi connectivity index (χ3v) is 5.55. The summed E-state index contributed by atoms with van der Waals surface area (Å²) in [5, 5.41) is 30.6. The lowest BCUT2D eigenvalue weighted by Gasteiger charge is -2.16. The number of carboxylic acids is 1. The quantitative estimate of drug-likeness (QED) is 0.213. The fourth-order valence-electron chi connectivity index (χ4n) is 3.84. The number of hydrogen-bond acceptors (Lipinski definition) is 9. The zero-order valence-electron chi connectivity index (χ0n) is 21.9. The smallest absolute Gasteiger partial charge is 0.335 e. The van der Waals surface area contributed by atoms with Gasteiger partial charge < -0.3 is 30.1 Å². The number of amides is 2. The summed E-state index contributed by atoms with van der Waals surface area (Å²) >= 11 is 0. The Bertz CT molecular complexity index is 1430. The van der Waals surface area contributed by atoms with Crippen LogP contribution in [0.2, 0.25) is 0 Å². The Balaban J connectivity index is 0.000000681. The van der Waals surface area contributed by atoms with Crippen LogP contribution >= 0.6 is 0 Å². The van der Waals surface area contributed by atoms with Crippen molar-refractivity contribution < 1.29 is 34.4 Å². The van der Waals surface area contributed by atoms with E-state index >= 15 is 0 Å². The van der Waals surface area contributed by atoms with E-state index in [0.29, 0.717) is 35.0 Å². The zero-order valence-corrected chi connectivity index (χ0v) is 21.9. The number of nitrogens with one attached hydrogen (secondary N) is 2. The first-order chi connectivity index (χ1) is 19.1. The number of imidazole rings is 1. The molecule has 2 amide bonds. The second-order valence-corrected chi connectivity index (χ2v) is 9.42. The molecule has 40 heavy (non-hydrogen) atoms. The monoisotopic (exact) mass is 550 g/mol. The molecule has 13 nitrogen and oxygen atoms in total. The van der Waals surface area contributed by atoms with Gasteiger partial charge in [0.25, 0.3) is 0 Å². The van der Waals surface area contributed by atoms with Gasteiger partial charge in [0.1, 0.15) is 24.9 Å². The first-order valence-electron chi connectivity index (χ1n) is 12.4. The van der Waals surface area contributed by atoms with Crippen molar-refractivity contribution in [1.82, 2.24) is 19.5 Å². The third-order valence-electron chi connectivity index (χ3n) is 5.55. The van der Waals surface area contributed by atoms with Crippen LogP contribution in [0.4, 0.5) is 16.3 Å². The number of fused-ring (bicyclic) bond motifs is 1. The van der Waals surface area contributed by atoms with Gasteiger partial charge in [-0.3, -0.25) is 9.88 Å². The summed E-state index contributed by atoms with van der Waals surface area (Å²) in [5.74, 6) is -1.61. The summed E-state index contributed by atoms with van der Waals surface area (Å²) in [7, 11) is 0. The van der Waals surface area contributed by atoms with Crippen LogP contribution in [0.5, 0.6) is 5.75 Å². The largest absolute Gasteiger partial charge is 0.491 e. The number of carboxylic acid groups (broad SMARTS) is 1. The number of carbonyl (C=O) groups is 2. The van der Waals surface area contributed by atoms with Crippen LogP contribution in [-0.4, -0.2) is 65.3 Å². The molecular formula is C27H30N6O7. The number of anilines is 2. The summed E-state index contributed by atoms with van der Waals surface area (Å²) in [4.78, 5) is 36.3. The Labute approximate surface area is 229 Å². The molecule has 0 saturated carbocycles. The Morgan fingerprint density at radius 1 is 1.02 bits per heavy atom. The van der Waals surface area contributed by atoms with Crippen molar-refractivity contribution in [3.63, 3.8) is 0 Å². The van der Waals surface area contributed by atoms with E-state index in [1.807, 2.05) is 22.8 Å². The molecule has 1 aliphatic rings. The minimum atomic E-state index is -1.50. The fraction of sp³-hybridized carbons (Fsp3) is 0.296. The lowest BCUT2D eigenvalue weighted by atomic mass is 10.2. The lowest BCUT2D eigenvalue weighted by Crippen LogP contribution is -2.20. The second-order valence-electron chi connectivity index (χ2n) is 9.42. The summed E-state index contributed by atoms with van der Waals surface area (Å²) in [6.07, 6.45) is 4.07. The van der Waals surface area contributed by atoms with Crippen molar-refractivity contribution >= 4 is 34.7 Å². The van der Waals surface area contributed by atoms with Gasteiger partial charge in [0.05, 0.1) is 18.0 Å². The van der Waals surface area contributed by atoms with Crippen molar-refractivity contribution in [1.29, 1.82) is 0 Å². The van der Waals surface area contributed by atoms with Gasteiger partial charge in [-0.2, -0.15) is 0 Å². The SMILES string of the molecule is CC(C)(O)O.O=C(Nc1ccccc1)Nc1ncnc2c1ncn2C1CCC(COc2ccc(C(=O)O)cc2)O1. The normalized spacial score (nSPS) is 16.6. The summed E-state index contributed by atoms with van der Waals surface area (Å²) in [6, 6.07) is 14.9. The van der Waals surface area contributed by atoms with E-state index in [9.17, 15) is 9.59 Å². The Morgan fingerprint density at radius 3 is 2.40 bits per heavy atom. The van der Waals surface area contributed by atoms with Crippen molar-refractivity contribution in [2.75, 3.05) is 17.2 Å². The highest BCUT2D eigenvalue weighted by molar-refractivity contribution is 6.02. The molecule has 4 aromatic rings. The third kappa shape index (κ3) is 7.96. The van der Waals surface area contributed by atoms with Crippen molar-refractivity contribution in [2.45, 2.75) is 44.8 Å². The first-order valence-corrected chi connectivity index (χ1v) is 12.4. The van der Waals surface area contributed by atoms with Crippen LogP contribution in [0.3, 0.4) is 0 Å². The van der Waals surface area contributed by atoms with Crippen LogP contribution in [0.25, 0.3) is 11.2 Å². The number of benzene rings is 2. The molecule has 1 saturated heterocycles. The first kappa shape index (κ1) is 28.4. The van der Waals surface area contributed by atoms with Gasteiger partial charge in [-0.25, -0.2) is 24.5 Å². The number of nitrogens with zero attached hydrogens (tertiary/aromatic N) is 4. The van der Waals surface area contributed by atoms with Crippen LogP contribution in [0.15, 0.2) is 67.3 Å². The maximum Gasteiger partial charge on any atom is 0.335 e. The molecule has 2 unspecified atom stereocenters. The van der Waals surface area contributed by atoms with E-state index < -0.39 is 17.8 Å². The number of aromatic nitrogens is 4. The topological polar surface area (TPSA) is 181 Å². The molecule has 0 bridgehead atoms. The molecule has 5 rings (SSSR count). The Morgan fingerprint density at radius 2 is 1.73 bits per heavy atom. The average Bonchev–Trinajstić information content (AvgIpc) is 3.55. The number of hydrogen-bond donors (Lipinski definition) is 5. The molecule has 5 N–H and O–H groups in total. The van der Waals surface area contributed by atoms with Crippen molar-refractivity contribution in [2.24, 2.45) is 0 Å². The minimum Gasteiger partial charge on any atom is -0.491 e. The number of carbonyl (C=O) groups excluding carboxylic acids is 1. The van der Waals surface area contributed by atoms with Crippen LogP contribution in [0, 0.1) is 0 Å². The molecule has 0 aliphatic carbocycles. The Hall–Kier alpha value is -4.59. The Kier molecular flexibility index (Phi) is 8.89. The molecular weight excluding hydrogens is 520 g/mol.